The van der Waals surface area contributed by atoms with Gasteiger partial charge in [0.1, 0.15) is 0 Å². The molecular weight excluding hydrogens is 232 g/mol. The maximum atomic E-state index is 3.47. The van der Waals surface area contributed by atoms with Crippen molar-refractivity contribution < 1.29 is 0 Å². The first-order valence-corrected chi connectivity index (χ1v) is 7.68. The van der Waals surface area contributed by atoms with Crippen LogP contribution in [0.2, 0.25) is 0 Å². The Bertz CT molecular complexity index is 398. The second-order valence-electron chi connectivity index (χ2n) is 6.12. The fourth-order valence-electron chi connectivity index (χ4n) is 2.76. The van der Waals surface area contributed by atoms with Crippen molar-refractivity contribution in [3.63, 3.8) is 0 Å². The molecule has 0 saturated carbocycles. The Morgan fingerprint density at radius 1 is 1.16 bits per heavy atom. The largest absolute Gasteiger partial charge is 0.313 e. The molecule has 0 aromatic heterocycles. The molecule has 1 aromatic carbocycles. The molecule has 1 N–H and O–H groups in total. The number of nitrogens with one attached hydrogen (secondary N) is 1. The van der Waals surface area contributed by atoms with E-state index in [4.69, 9.17) is 0 Å². The van der Waals surface area contributed by atoms with Gasteiger partial charge in [-0.25, -0.2) is 0 Å². The van der Waals surface area contributed by atoms with Crippen LogP contribution in [0.4, 0.5) is 0 Å². The second-order valence-corrected chi connectivity index (χ2v) is 6.12. The average Bonchev–Trinajstić information content (AvgIpc) is 2.83. The normalized spacial score (nSPS) is 14.4. The van der Waals surface area contributed by atoms with Crippen LogP contribution in [-0.4, -0.2) is 37.6 Å². The highest BCUT2D eigenvalue weighted by Crippen LogP contribution is 2.22. The van der Waals surface area contributed by atoms with E-state index in [1.165, 1.54) is 31.2 Å². The standard InChI is InChI=1S/C17H28N2/c1-14(2)18-10-12-19(3)11-9-15-7-8-16-5-4-6-17(16)13-15/h7-8,13-14,18H,4-6,9-12H2,1-3H3. The van der Waals surface area contributed by atoms with Gasteiger partial charge in [-0.15, -0.1) is 0 Å². The summed E-state index contributed by atoms with van der Waals surface area (Å²) in [5, 5.41) is 3.47. The minimum atomic E-state index is 0.588. The van der Waals surface area contributed by atoms with E-state index < -0.39 is 0 Å². The fraction of sp³-hybridized carbons (Fsp3) is 0.647. The Kier molecular flexibility index (Phi) is 5.41. The van der Waals surface area contributed by atoms with E-state index in [-0.39, 0.29) is 0 Å². The monoisotopic (exact) mass is 260 g/mol. The van der Waals surface area contributed by atoms with Crippen molar-refractivity contribution in [2.24, 2.45) is 0 Å². The lowest BCUT2D eigenvalue weighted by atomic mass is 10.0. The lowest BCUT2D eigenvalue weighted by Gasteiger charge is -2.18. The van der Waals surface area contributed by atoms with E-state index in [2.05, 4.69) is 49.3 Å². The van der Waals surface area contributed by atoms with Gasteiger partial charge in [0.2, 0.25) is 0 Å². The molecule has 0 atom stereocenters. The first kappa shape index (κ1) is 14.5. The molecule has 19 heavy (non-hydrogen) atoms. The van der Waals surface area contributed by atoms with Gasteiger partial charge in [0.15, 0.2) is 0 Å². The quantitative estimate of drug-likeness (QED) is 0.811. The van der Waals surface area contributed by atoms with Gasteiger partial charge in [-0.1, -0.05) is 32.0 Å². The van der Waals surface area contributed by atoms with E-state index in [9.17, 15) is 0 Å². The maximum Gasteiger partial charge on any atom is 0.0104 e. The van der Waals surface area contributed by atoms with Crippen molar-refractivity contribution in [1.29, 1.82) is 0 Å². The lowest BCUT2D eigenvalue weighted by molar-refractivity contribution is 0.331. The first-order chi connectivity index (χ1) is 9.15. The topological polar surface area (TPSA) is 15.3 Å². The van der Waals surface area contributed by atoms with Gasteiger partial charge >= 0.3 is 0 Å². The highest BCUT2D eigenvalue weighted by Gasteiger charge is 2.10. The molecule has 0 radical (unpaired) electrons. The van der Waals surface area contributed by atoms with Crippen LogP contribution in [-0.2, 0) is 19.3 Å². The molecule has 2 heteroatoms. The SMILES string of the molecule is CC(C)NCCN(C)CCc1ccc2c(c1)CCC2. The Balaban J connectivity index is 1.73. The minimum Gasteiger partial charge on any atom is -0.313 e. The highest BCUT2D eigenvalue weighted by molar-refractivity contribution is 5.35. The summed E-state index contributed by atoms with van der Waals surface area (Å²) in [7, 11) is 2.22. The van der Waals surface area contributed by atoms with Gasteiger partial charge in [-0.2, -0.15) is 0 Å². The number of hydrogen-bond donors (Lipinski definition) is 1. The Morgan fingerprint density at radius 3 is 2.74 bits per heavy atom. The van der Waals surface area contributed by atoms with Gasteiger partial charge in [0.05, 0.1) is 0 Å². The van der Waals surface area contributed by atoms with Crippen molar-refractivity contribution in [3.05, 3.63) is 34.9 Å². The molecular formula is C17H28N2. The van der Waals surface area contributed by atoms with Crippen molar-refractivity contribution in [2.75, 3.05) is 26.7 Å². The van der Waals surface area contributed by atoms with E-state index in [1.54, 1.807) is 11.1 Å². The zero-order valence-corrected chi connectivity index (χ0v) is 12.7. The van der Waals surface area contributed by atoms with Gasteiger partial charge < -0.3 is 10.2 Å². The third-order valence-corrected chi connectivity index (χ3v) is 3.99. The summed E-state index contributed by atoms with van der Waals surface area (Å²) in [4.78, 5) is 2.42. The lowest BCUT2D eigenvalue weighted by Crippen LogP contribution is -2.33. The molecule has 106 valence electrons. The predicted octanol–water partition coefficient (Wildman–Crippen LogP) is 2.65. The van der Waals surface area contributed by atoms with Crippen molar-refractivity contribution in [2.45, 2.75) is 45.6 Å². The molecule has 0 unspecified atom stereocenters. The number of rotatable bonds is 7. The Hall–Kier alpha value is -0.860. The van der Waals surface area contributed by atoms with Crippen molar-refractivity contribution in [1.82, 2.24) is 10.2 Å². The highest BCUT2D eigenvalue weighted by atomic mass is 15.1. The number of nitrogens with zero attached hydrogens (tertiary/aromatic N) is 1. The van der Waals surface area contributed by atoms with Crippen LogP contribution in [0.1, 0.15) is 37.0 Å². The molecule has 1 aliphatic rings. The minimum absolute atomic E-state index is 0.588. The number of fused-ring (bicyclic) bond motifs is 1. The maximum absolute atomic E-state index is 3.47. The van der Waals surface area contributed by atoms with Crippen LogP contribution in [0.5, 0.6) is 0 Å². The van der Waals surface area contributed by atoms with E-state index in [0.717, 1.165) is 19.6 Å². The molecule has 1 aliphatic carbocycles. The molecule has 0 heterocycles. The molecule has 0 spiro atoms. The second kappa shape index (κ2) is 7.06. The van der Waals surface area contributed by atoms with E-state index >= 15 is 0 Å². The van der Waals surface area contributed by atoms with Gasteiger partial charge in [0.25, 0.3) is 0 Å². The van der Waals surface area contributed by atoms with Crippen LogP contribution in [0, 0.1) is 0 Å². The van der Waals surface area contributed by atoms with Gasteiger partial charge in [-0.3, -0.25) is 0 Å². The first-order valence-electron chi connectivity index (χ1n) is 7.68. The van der Waals surface area contributed by atoms with Crippen LogP contribution in [0.25, 0.3) is 0 Å². The Morgan fingerprint density at radius 2 is 1.95 bits per heavy atom. The molecule has 2 nitrogen and oxygen atoms in total. The molecule has 0 aliphatic heterocycles. The molecule has 2 rings (SSSR count). The molecule has 0 bridgehead atoms. The van der Waals surface area contributed by atoms with Crippen molar-refractivity contribution in [3.8, 4) is 0 Å². The third-order valence-electron chi connectivity index (χ3n) is 3.99. The Labute approximate surface area is 118 Å². The number of likely N-dealkylation sites (N-methyl/N-ethyl adjacent to an activating group) is 1. The van der Waals surface area contributed by atoms with E-state index in [1.807, 2.05) is 0 Å². The van der Waals surface area contributed by atoms with Crippen LogP contribution >= 0.6 is 0 Å². The number of hydrogen-bond acceptors (Lipinski definition) is 2. The molecule has 1 aromatic rings. The summed E-state index contributed by atoms with van der Waals surface area (Å²) in [6.45, 7) is 7.76. The summed E-state index contributed by atoms with van der Waals surface area (Å²) in [5.74, 6) is 0. The van der Waals surface area contributed by atoms with Crippen LogP contribution in [0.3, 0.4) is 0 Å². The van der Waals surface area contributed by atoms with Gasteiger partial charge in [0, 0.05) is 25.7 Å². The fourth-order valence-corrected chi connectivity index (χ4v) is 2.76. The summed E-state index contributed by atoms with van der Waals surface area (Å²) in [5.41, 5.74) is 4.68. The third kappa shape index (κ3) is 4.63. The zero-order valence-electron chi connectivity index (χ0n) is 12.7. The molecule has 0 saturated heterocycles. The number of benzene rings is 1. The summed E-state index contributed by atoms with van der Waals surface area (Å²) in [6.07, 6.45) is 5.10. The summed E-state index contributed by atoms with van der Waals surface area (Å²) < 4.78 is 0. The molecule has 0 fully saturated rings. The molecule has 0 amide bonds. The summed E-state index contributed by atoms with van der Waals surface area (Å²) in [6, 6.07) is 7.69. The number of aryl methyl sites for hydroxylation is 2. The average molecular weight is 260 g/mol. The zero-order chi connectivity index (χ0) is 13.7. The van der Waals surface area contributed by atoms with Crippen LogP contribution < -0.4 is 5.32 Å². The van der Waals surface area contributed by atoms with Crippen molar-refractivity contribution >= 4 is 0 Å². The van der Waals surface area contributed by atoms with E-state index in [0.29, 0.717) is 6.04 Å². The van der Waals surface area contributed by atoms with Gasteiger partial charge in [-0.05, 0) is 49.4 Å². The summed E-state index contributed by atoms with van der Waals surface area (Å²) >= 11 is 0. The predicted molar refractivity (Wildman–Crippen MR) is 82.8 cm³/mol. The van der Waals surface area contributed by atoms with Crippen LogP contribution in [0.15, 0.2) is 18.2 Å². The smallest absolute Gasteiger partial charge is 0.0104 e.